The lowest BCUT2D eigenvalue weighted by Crippen LogP contribution is -2.55. The smallest absolute Gasteiger partial charge is 0.408 e. The fourth-order valence-corrected chi connectivity index (χ4v) is 4.14. The van der Waals surface area contributed by atoms with Gasteiger partial charge in [-0.15, -0.1) is 0 Å². The zero-order chi connectivity index (χ0) is 32.5. The molecule has 3 amide bonds. The minimum Gasteiger partial charge on any atom is -0.460 e. The van der Waals surface area contributed by atoms with Crippen molar-refractivity contribution in [3.05, 3.63) is 36.5 Å². The van der Waals surface area contributed by atoms with E-state index in [1.54, 1.807) is 71.9 Å². The molecule has 2 unspecified atom stereocenters. The molecule has 0 radical (unpaired) electrons. The van der Waals surface area contributed by atoms with Crippen LogP contribution in [0.15, 0.2) is 41.1 Å². The van der Waals surface area contributed by atoms with Gasteiger partial charge in [-0.05, 0) is 66.0 Å². The third kappa shape index (κ3) is 12.4. The molecule has 2 N–H and O–H groups in total. The van der Waals surface area contributed by atoms with Gasteiger partial charge in [0.15, 0.2) is 10.6 Å². The summed E-state index contributed by atoms with van der Waals surface area (Å²) in [7, 11) is 0. The first-order valence-electron chi connectivity index (χ1n) is 14.0. The Morgan fingerprint density at radius 3 is 2.16 bits per heavy atom. The third-order valence-electron chi connectivity index (χ3n) is 5.91. The van der Waals surface area contributed by atoms with Crippen molar-refractivity contribution >= 4 is 52.8 Å². The summed E-state index contributed by atoms with van der Waals surface area (Å²) in [5, 5.41) is 9.22. The van der Waals surface area contributed by atoms with Crippen LogP contribution in [-0.2, 0) is 23.9 Å². The van der Waals surface area contributed by atoms with Gasteiger partial charge in [0.2, 0.25) is 5.91 Å². The van der Waals surface area contributed by atoms with Gasteiger partial charge in [0.25, 0.3) is 5.91 Å². The van der Waals surface area contributed by atoms with E-state index < -0.39 is 52.0 Å². The highest BCUT2D eigenvalue weighted by Gasteiger charge is 2.31. The molecule has 0 aliphatic heterocycles. The van der Waals surface area contributed by atoms with Crippen molar-refractivity contribution in [1.82, 2.24) is 15.8 Å². The molecule has 238 valence electrons. The highest BCUT2D eigenvalue weighted by atomic mass is 35.5. The third-order valence-corrected chi connectivity index (χ3v) is 6.28. The summed E-state index contributed by atoms with van der Waals surface area (Å²) in [6.07, 6.45) is 0.522. The van der Waals surface area contributed by atoms with Crippen molar-refractivity contribution in [2.24, 2.45) is 5.92 Å². The normalized spacial score (nSPS) is 13.3. The summed E-state index contributed by atoms with van der Waals surface area (Å²) in [5.41, 5.74) is -0.377. The van der Waals surface area contributed by atoms with Crippen LogP contribution in [0.5, 0.6) is 0 Å². The number of nitrogens with zero attached hydrogens (tertiary/aromatic N) is 2. The molecular formula is C30H42Cl2N4O7. The number of hydrogen-bond donors (Lipinski definition) is 2. The Morgan fingerprint density at radius 2 is 1.63 bits per heavy atom. The number of ether oxygens (including phenoxy) is 2. The maximum atomic E-state index is 13.6. The van der Waals surface area contributed by atoms with Gasteiger partial charge in [-0.2, -0.15) is 0 Å². The van der Waals surface area contributed by atoms with Crippen LogP contribution in [0.3, 0.4) is 0 Å². The lowest BCUT2D eigenvalue weighted by molar-refractivity contribution is -0.155. The largest absolute Gasteiger partial charge is 0.460 e. The molecule has 0 bridgehead atoms. The summed E-state index contributed by atoms with van der Waals surface area (Å²) in [6, 6.07) is 6.92. The number of rotatable bonds is 12. The number of anilines is 1. The Kier molecular flexibility index (Phi) is 12.9. The maximum Gasteiger partial charge on any atom is 0.408 e. The van der Waals surface area contributed by atoms with E-state index >= 15 is 0 Å². The number of hydrogen-bond acceptors (Lipinski definition) is 8. The van der Waals surface area contributed by atoms with E-state index in [1.807, 2.05) is 13.8 Å². The van der Waals surface area contributed by atoms with Crippen LogP contribution in [0.2, 0.25) is 0 Å². The minimum absolute atomic E-state index is 0.00324. The molecule has 1 heterocycles. The summed E-state index contributed by atoms with van der Waals surface area (Å²) in [6.45, 7) is 14.0. The first kappa shape index (κ1) is 35.9. The molecule has 2 aromatic rings. The number of carbonyl (C=O) groups is 4. The molecule has 2 rings (SSSR count). The SMILES string of the molecule is CC(C)C(CN(C(=O)C(Cl)Cl)c1cccc(-c2ccno2)c1)NC(=O)C(CCC(=O)OC(C)(C)C)NC(=O)OC(C)(C)C. The number of esters is 1. The Labute approximate surface area is 262 Å². The molecule has 0 spiro atoms. The van der Waals surface area contributed by atoms with E-state index in [4.69, 9.17) is 37.2 Å². The molecule has 0 saturated heterocycles. The van der Waals surface area contributed by atoms with Crippen LogP contribution < -0.4 is 15.5 Å². The number of carbonyl (C=O) groups excluding carboxylic acids is 4. The molecule has 0 fully saturated rings. The second-order valence-corrected chi connectivity index (χ2v) is 13.5. The number of aromatic nitrogens is 1. The number of nitrogens with one attached hydrogen (secondary N) is 2. The maximum absolute atomic E-state index is 13.6. The van der Waals surface area contributed by atoms with Gasteiger partial charge in [-0.1, -0.05) is 54.3 Å². The second-order valence-electron chi connectivity index (χ2n) is 12.4. The van der Waals surface area contributed by atoms with Crippen molar-refractivity contribution < 1.29 is 33.2 Å². The molecule has 0 aliphatic rings. The average molecular weight is 642 g/mol. The van der Waals surface area contributed by atoms with Crippen LogP contribution in [-0.4, -0.2) is 63.7 Å². The molecule has 0 saturated carbocycles. The number of benzene rings is 1. The van der Waals surface area contributed by atoms with E-state index in [1.165, 1.54) is 11.1 Å². The van der Waals surface area contributed by atoms with Gasteiger partial charge in [-0.25, -0.2) is 4.79 Å². The fraction of sp³-hybridized carbons (Fsp3) is 0.567. The molecule has 13 heteroatoms. The van der Waals surface area contributed by atoms with Gasteiger partial charge in [0.05, 0.1) is 6.20 Å². The van der Waals surface area contributed by atoms with E-state index in [0.29, 0.717) is 17.0 Å². The minimum atomic E-state index is -1.37. The molecule has 0 aliphatic carbocycles. The molecule has 11 nitrogen and oxygen atoms in total. The van der Waals surface area contributed by atoms with Crippen molar-refractivity contribution in [3.8, 4) is 11.3 Å². The number of alkyl carbamates (subject to hydrolysis) is 1. The topological polar surface area (TPSA) is 140 Å². The second kappa shape index (κ2) is 15.4. The summed E-state index contributed by atoms with van der Waals surface area (Å²) >= 11 is 12.0. The van der Waals surface area contributed by atoms with Crippen LogP contribution in [0.4, 0.5) is 10.5 Å². The highest BCUT2D eigenvalue weighted by Crippen LogP contribution is 2.27. The van der Waals surface area contributed by atoms with E-state index in [9.17, 15) is 19.2 Å². The van der Waals surface area contributed by atoms with Crippen molar-refractivity contribution in [3.63, 3.8) is 0 Å². The van der Waals surface area contributed by atoms with Gasteiger partial charge >= 0.3 is 12.1 Å². The zero-order valence-corrected chi connectivity index (χ0v) is 27.4. The summed E-state index contributed by atoms with van der Waals surface area (Å²) in [4.78, 5) is 51.8. The standard InChI is InChI=1S/C30H42Cl2N4O7/c1-18(2)22(17-36(27(39)25(31)32)20-11-9-10-19(16-20)23-14-15-33-43-23)34-26(38)21(35-28(40)42-30(6,7)8)12-13-24(37)41-29(3,4)5/h9-11,14-16,18,21-22,25H,12-13,17H2,1-8H3,(H,34,38)(H,35,40). The van der Waals surface area contributed by atoms with Crippen LogP contribution >= 0.6 is 23.2 Å². The Hall–Kier alpha value is -3.31. The van der Waals surface area contributed by atoms with Crippen LogP contribution in [0.25, 0.3) is 11.3 Å². The predicted molar refractivity (Wildman–Crippen MR) is 165 cm³/mol. The van der Waals surface area contributed by atoms with E-state index in [2.05, 4.69) is 15.8 Å². The van der Waals surface area contributed by atoms with Crippen LogP contribution in [0.1, 0.15) is 68.2 Å². The van der Waals surface area contributed by atoms with E-state index in [-0.39, 0.29) is 25.3 Å². The van der Waals surface area contributed by atoms with Gasteiger partial charge in [-0.3, -0.25) is 14.4 Å². The van der Waals surface area contributed by atoms with Gasteiger partial charge < -0.3 is 29.5 Å². The number of halogens is 2. The monoisotopic (exact) mass is 640 g/mol. The Bertz CT molecular complexity index is 1240. The van der Waals surface area contributed by atoms with Crippen molar-refractivity contribution in [2.45, 2.75) is 96.4 Å². The van der Waals surface area contributed by atoms with Gasteiger partial charge in [0.1, 0.15) is 17.2 Å². The average Bonchev–Trinajstić information content (AvgIpc) is 3.41. The lowest BCUT2D eigenvalue weighted by atomic mass is 10.0. The quantitative estimate of drug-likeness (QED) is 0.224. The molecular weight excluding hydrogens is 599 g/mol. The predicted octanol–water partition coefficient (Wildman–Crippen LogP) is 5.63. The highest BCUT2D eigenvalue weighted by molar-refractivity contribution is 6.54. The Balaban J connectivity index is 2.32. The molecule has 1 aromatic carbocycles. The van der Waals surface area contributed by atoms with E-state index in [0.717, 1.165) is 0 Å². The first-order chi connectivity index (χ1) is 19.9. The Morgan fingerprint density at radius 1 is 0.977 bits per heavy atom. The summed E-state index contributed by atoms with van der Waals surface area (Å²) in [5.74, 6) is -1.35. The summed E-state index contributed by atoms with van der Waals surface area (Å²) < 4.78 is 16.0. The zero-order valence-electron chi connectivity index (χ0n) is 25.9. The molecule has 43 heavy (non-hydrogen) atoms. The first-order valence-corrected chi connectivity index (χ1v) is 14.9. The van der Waals surface area contributed by atoms with Crippen LogP contribution in [0, 0.1) is 5.92 Å². The number of amides is 3. The van der Waals surface area contributed by atoms with Crippen molar-refractivity contribution in [2.75, 3.05) is 11.4 Å². The molecule has 1 aromatic heterocycles. The lowest BCUT2D eigenvalue weighted by Gasteiger charge is -2.32. The number of alkyl halides is 2. The molecule has 2 atom stereocenters. The fourth-order valence-electron chi connectivity index (χ4n) is 3.91. The van der Waals surface area contributed by atoms with Gasteiger partial charge in [0, 0.05) is 36.3 Å². The van der Waals surface area contributed by atoms with Crippen molar-refractivity contribution in [1.29, 1.82) is 0 Å².